The number of hydrogen-bond acceptors (Lipinski definition) is 9. The molecule has 0 aromatic heterocycles. The summed E-state index contributed by atoms with van der Waals surface area (Å²) in [6.45, 7) is 0. The fourth-order valence-corrected chi connectivity index (χ4v) is 5.88. The second-order valence-electron chi connectivity index (χ2n) is 7.65. The Balaban J connectivity index is 2.03. The average Bonchev–Trinajstić information content (AvgIpc) is 2.98. The minimum Gasteiger partial charge on any atom is -0.453 e. The molecule has 2 aliphatic rings. The molecule has 2 radical (unpaired) electrons. The third kappa shape index (κ3) is 2.86. The summed E-state index contributed by atoms with van der Waals surface area (Å²) in [5, 5.41) is 0. The summed E-state index contributed by atoms with van der Waals surface area (Å²) in [6, 6.07) is 9.17. The van der Waals surface area contributed by atoms with Crippen LogP contribution in [-0.4, -0.2) is 39.8 Å². The van der Waals surface area contributed by atoms with Gasteiger partial charge in [-0.05, 0) is 24.3 Å². The number of ether oxygens (including phenoxy) is 2. The van der Waals surface area contributed by atoms with Crippen molar-refractivity contribution in [1.29, 1.82) is 0 Å². The lowest BCUT2D eigenvalue weighted by Crippen LogP contribution is -2.34. The SMILES string of the molecule is [B]c1ccc2c(c1)C(=O)OC21c2ccc(N)c(S(=O)(=O)O)c2Oc2c1ccc(N)c2S(=O)(=O)O. The van der Waals surface area contributed by atoms with E-state index in [0.29, 0.717) is 0 Å². The molecule has 0 unspecified atom stereocenters. The molecule has 0 bridgehead atoms. The standard InChI is InChI=1S/C20H13BN2O9S2/c21-8-1-2-10-9(7-8)19(24)32-20(10)11-3-5-13(22)17(33(25,26)27)15(11)31-16-12(20)4-6-14(23)18(16)34(28,29)30/h1-7H,22-23H2,(H,25,26,27)(H,28,29,30). The van der Waals surface area contributed by atoms with Gasteiger partial charge in [-0.3, -0.25) is 9.11 Å². The maximum Gasteiger partial charge on any atom is 0.340 e. The number of nitrogens with two attached hydrogens (primary N) is 2. The van der Waals surface area contributed by atoms with Gasteiger partial charge in [0, 0.05) is 16.7 Å². The summed E-state index contributed by atoms with van der Waals surface area (Å²) >= 11 is 0. The highest BCUT2D eigenvalue weighted by Gasteiger charge is 2.55. The van der Waals surface area contributed by atoms with Crippen molar-refractivity contribution in [2.24, 2.45) is 0 Å². The molecule has 2 heterocycles. The van der Waals surface area contributed by atoms with E-state index >= 15 is 0 Å². The van der Waals surface area contributed by atoms with Crippen molar-refractivity contribution in [3.63, 3.8) is 0 Å². The molecule has 0 atom stereocenters. The highest BCUT2D eigenvalue weighted by atomic mass is 32.2. The lowest BCUT2D eigenvalue weighted by Gasteiger charge is -2.37. The van der Waals surface area contributed by atoms with Crippen molar-refractivity contribution in [3.8, 4) is 11.5 Å². The number of anilines is 2. The summed E-state index contributed by atoms with van der Waals surface area (Å²) in [6.07, 6.45) is 0. The monoisotopic (exact) mass is 500 g/mol. The fourth-order valence-electron chi connectivity index (χ4n) is 4.38. The second kappa shape index (κ2) is 6.73. The van der Waals surface area contributed by atoms with Crippen molar-refractivity contribution in [1.82, 2.24) is 0 Å². The van der Waals surface area contributed by atoms with Gasteiger partial charge < -0.3 is 20.9 Å². The van der Waals surface area contributed by atoms with Crippen LogP contribution in [0, 0.1) is 0 Å². The van der Waals surface area contributed by atoms with E-state index in [0.717, 1.165) is 12.1 Å². The maximum absolute atomic E-state index is 12.9. The van der Waals surface area contributed by atoms with Crippen LogP contribution < -0.4 is 21.7 Å². The van der Waals surface area contributed by atoms with Gasteiger partial charge >= 0.3 is 5.97 Å². The molecule has 0 saturated heterocycles. The lowest BCUT2D eigenvalue weighted by atomic mass is 9.76. The first-order valence-electron chi connectivity index (χ1n) is 9.39. The van der Waals surface area contributed by atoms with E-state index in [1.807, 2.05) is 0 Å². The number of rotatable bonds is 2. The largest absolute Gasteiger partial charge is 0.453 e. The molecule has 0 aliphatic carbocycles. The molecule has 11 nitrogen and oxygen atoms in total. The predicted molar refractivity (Wildman–Crippen MR) is 119 cm³/mol. The molecule has 34 heavy (non-hydrogen) atoms. The van der Waals surface area contributed by atoms with Gasteiger partial charge in [-0.25, -0.2) is 4.79 Å². The first kappa shape index (κ1) is 22.2. The number of hydrogen-bond donors (Lipinski definition) is 4. The Hall–Kier alpha value is -3.59. The Morgan fingerprint density at radius 2 is 1.26 bits per heavy atom. The van der Waals surface area contributed by atoms with Gasteiger partial charge in [-0.15, -0.1) is 0 Å². The van der Waals surface area contributed by atoms with Crippen LogP contribution in [0.3, 0.4) is 0 Å². The molecule has 0 amide bonds. The van der Waals surface area contributed by atoms with E-state index in [1.54, 1.807) is 0 Å². The fraction of sp³-hybridized carbons (Fsp3) is 0.0500. The zero-order valence-corrected chi connectivity index (χ0v) is 18.5. The maximum atomic E-state index is 12.9. The van der Waals surface area contributed by atoms with Gasteiger partial charge in [-0.2, -0.15) is 16.8 Å². The lowest BCUT2D eigenvalue weighted by molar-refractivity contribution is 0.0221. The molecular weight excluding hydrogens is 487 g/mol. The van der Waals surface area contributed by atoms with Crippen molar-refractivity contribution < 1.29 is 40.2 Å². The van der Waals surface area contributed by atoms with E-state index in [-0.39, 0.29) is 27.7 Å². The Labute approximate surface area is 194 Å². The highest BCUT2D eigenvalue weighted by molar-refractivity contribution is 7.86. The van der Waals surface area contributed by atoms with Crippen LogP contribution in [0.2, 0.25) is 0 Å². The van der Waals surface area contributed by atoms with E-state index < -0.39 is 64.5 Å². The summed E-state index contributed by atoms with van der Waals surface area (Å²) < 4.78 is 80.1. The molecule has 0 saturated carbocycles. The molecule has 14 heteroatoms. The number of fused-ring (bicyclic) bond motifs is 6. The van der Waals surface area contributed by atoms with E-state index in [1.165, 1.54) is 30.3 Å². The van der Waals surface area contributed by atoms with E-state index in [4.69, 9.17) is 28.8 Å². The van der Waals surface area contributed by atoms with Gasteiger partial charge in [0.05, 0.1) is 16.9 Å². The van der Waals surface area contributed by atoms with Crippen molar-refractivity contribution in [2.75, 3.05) is 11.5 Å². The number of carbonyl (C=O) groups excluding carboxylic acids is 1. The number of nitrogen functional groups attached to an aromatic ring is 2. The van der Waals surface area contributed by atoms with Gasteiger partial charge in [0.25, 0.3) is 20.2 Å². The highest BCUT2D eigenvalue weighted by Crippen LogP contribution is 2.59. The van der Waals surface area contributed by atoms with Crippen molar-refractivity contribution >= 4 is 50.9 Å². The molecule has 5 rings (SSSR count). The first-order chi connectivity index (χ1) is 15.8. The third-order valence-electron chi connectivity index (χ3n) is 5.65. The molecule has 3 aromatic rings. The molecule has 6 N–H and O–H groups in total. The molecule has 172 valence electrons. The topological polar surface area (TPSA) is 196 Å². The zero-order chi connectivity index (χ0) is 24.8. The van der Waals surface area contributed by atoms with Crippen LogP contribution in [0.25, 0.3) is 0 Å². The third-order valence-corrected chi connectivity index (χ3v) is 7.53. The van der Waals surface area contributed by atoms with Crippen molar-refractivity contribution in [3.05, 3.63) is 64.7 Å². The normalized spacial score (nSPS) is 15.8. The molecule has 0 fully saturated rings. The quantitative estimate of drug-likeness (QED) is 0.167. The number of benzene rings is 3. The average molecular weight is 500 g/mol. The molecule has 1 spiro atoms. The number of esters is 1. The Morgan fingerprint density at radius 3 is 1.74 bits per heavy atom. The summed E-state index contributed by atoms with van der Waals surface area (Å²) in [5.74, 6) is -2.07. The smallest absolute Gasteiger partial charge is 0.340 e. The first-order valence-corrected chi connectivity index (χ1v) is 12.3. The van der Waals surface area contributed by atoms with E-state index in [9.17, 15) is 30.7 Å². The predicted octanol–water partition coefficient (Wildman–Crippen LogP) is 0.706. The molecular formula is C20H13BN2O9S2. The van der Waals surface area contributed by atoms with Crippen LogP contribution in [-0.2, 0) is 30.6 Å². The molecule has 3 aromatic carbocycles. The van der Waals surface area contributed by atoms with Gasteiger partial charge in [0.2, 0.25) is 0 Å². The summed E-state index contributed by atoms with van der Waals surface area (Å²) in [7, 11) is -4.25. The second-order valence-corrected chi connectivity index (χ2v) is 10.4. The summed E-state index contributed by atoms with van der Waals surface area (Å²) in [4.78, 5) is 11.1. The van der Waals surface area contributed by atoms with Crippen molar-refractivity contribution in [2.45, 2.75) is 15.4 Å². The minimum absolute atomic E-state index is 0.0225. The van der Waals surface area contributed by atoms with Gasteiger partial charge in [0.15, 0.2) is 26.9 Å². The van der Waals surface area contributed by atoms with Gasteiger partial charge in [-0.1, -0.05) is 23.7 Å². The Morgan fingerprint density at radius 1 is 0.794 bits per heavy atom. The van der Waals surface area contributed by atoms with Crippen LogP contribution in [0.1, 0.15) is 27.0 Å². The van der Waals surface area contributed by atoms with Crippen LogP contribution in [0.5, 0.6) is 11.5 Å². The Bertz CT molecular complexity index is 1580. The van der Waals surface area contributed by atoms with Crippen LogP contribution in [0.4, 0.5) is 11.4 Å². The number of carbonyl (C=O) groups is 1. The van der Waals surface area contributed by atoms with Crippen LogP contribution >= 0.6 is 0 Å². The van der Waals surface area contributed by atoms with E-state index in [2.05, 4.69) is 0 Å². The van der Waals surface area contributed by atoms with Crippen LogP contribution in [0.15, 0.2) is 52.3 Å². The Kier molecular flexibility index (Phi) is 4.40. The zero-order valence-electron chi connectivity index (χ0n) is 16.8. The minimum atomic E-state index is -5.03. The summed E-state index contributed by atoms with van der Waals surface area (Å²) in [5.41, 5.74) is 9.05. The van der Waals surface area contributed by atoms with Gasteiger partial charge in [0.1, 0.15) is 7.85 Å². The molecule has 2 aliphatic heterocycles.